The van der Waals surface area contributed by atoms with Gasteiger partial charge in [0.05, 0.1) is 34.6 Å². The van der Waals surface area contributed by atoms with Crippen molar-refractivity contribution in [2.24, 2.45) is 5.73 Å². The molecule has 3 N–H and O–H groups in total. The quantitative estimate of drug-likeness (QED) is 0.695. The summed E-state index contributed by atoms with van der Waals surface area (Å²) in [6.07, 6.45) is 0.191. The van der Waals surface area contributed by atoms with Gasteiger partial charge in [0.15, 0.2) is 0 Å². The molecule has 1 heterocycles. The molecule has 0 saturated carbocycles. The summed E-state index contributed by atoms with van der Waals surface area (Å²) >= 11 is 7.72. The molecule has 25 heavy (non-hydrogen) atoms. The smallest absolute Gasteiger partial charge is 0.224 e. The van der Waals surface area contributed by atoms with Gasteiger partial charge in [0.25, 0.3) is 0 Å². The Bertz CT molecular complexity index is 925. The van der Waals surface area contributed by atoms with E-state index in [4.69, 9.17) is 17.3 Å². The highest BCUT2D eigenvalue weighted by Crippen LogP contribution is 2.25. The van der Waals surface area contributed by atoms with Gasteiger partial charge in [-0.05, 0) is 29.3 Å². The molecule has 5 nitrogen and oxygen atoms in total. The molecule has 0 bridgehead atoms. The highest BCUT2D eigenvalue weighted by Gasteiger charge is 2.19. The van der Waals surface area contributed by atoms with Crippen LogP contribution in [0, 0.1) is 0 Å². The Hall–Kier alpha value is -2.44. The maximum absolute atomic E-state index is 12.4. The van der Waals surface area contributed by atoms with E-state index in [0.29, 0.717) is 10.6 Å². The number of hydrogen-bond donors (Lipinski definition) is 2. The lowest BCUT2D eigenvalue weighted by Gasteiger charge is -2.19. The van der Waals surface area contributed by atoms with E-state index in [0.717, 1.165) is 15.8 Å². The number of halogens is 1. The number of nitrogens with two attached hydrogens (primary N) is 1. The maximum Gasteiger partial charge on any atom is 0.224 e. The number of thiazole rings is 1. The Morgan fingerprint density at radius 3 is 2.80 bits per heavy atom. The minimum Gasteiger partial charge on any atom is -0.370 e. The summed E-state index contributed by atoms with van der Waals surface area (Å²) in [7, 11) is 0. The van der Waals surface area contributed by atoms with Gasteiger partial charge in [-0.3, -0.25) is 9.59 Å². The number of rotatable bonds is 6. The zero-order valence-corrected chi connectivity index (χ0v) is 14.8. The fourth-order valence-corrected chi connectivity index (χ4v) is 3.65. The van der Waals surface area contributed by atoms with Crippen LogP contribution in [0.2, 0.25) is 5.02 Å². The normalized spacial score (nSPS) is 12.0. The first-order valence-corrected chi connectivity index (χ1v) is 8.93. The van der Waals surface area contributed by atoms with Crippen LogP contribution in [0.1, 0.15) is 23.6 Å². The maximum atomic E-state index is 12.4. The van der Waals surface area contributed by atoms with Crippen LogP contribution in [0.5, 0.6) is 0 Å². The molecule has 3 rings (SSSR count). The van der Waals surface area contributed by atoms with Crippen LogP contribution in [0.3, 0.4) is 0 Å². The molecule has 0 aliphatic carbocycles. The van der Waals surface area contributed by atoms with Crippen molar-refractivity contribution in [3.05, 3.63) is 64.1 Å². The molecule has 0 aliphatic heterocycles. The molecule has 128 valence electrons. The largest absolute Gasteiger partial charge is 0.370 e. The molecule has 0 unspecified atom stereocenters. The molecule has 0 saturated heterocycles. The van der Waals surface area contributed by atoms with E-state index in [1.807, 2.05) is 18.2 Å². The summed E-state index contributed by atoms with van der Waals surface area (Å²) in [5, 5.41) is 3.35. The second-order valence-electron chi connectivity index (χ2n) is 5.64. The SMILES string of the molecule is NC(=O)C[C@@H](NC(=O)Cc1ccc2ncsc2c1)c1ccccc1Cl. The average molecular weight is 374 g/mol. The molecule has 2 aromatic carbocycles. The van der Waals surface area contributed by atoms with Gasteiger partial charge in [-0.15, -0.1) is 11.3 Å². The van der Waals surface area contributed by atoms with E-state index in [-0.39, 0.29) is 18.7 Å². The number of carbonyl (C=O) groups excluding carboxylic acids is 2. The molecular weight excluding hydrogens is 358 g/mol. The lowest BCUT2D eigenvalue weighted by Crippen LogP contribution is -2.33. The second-order valence-corrected chi connectivity index (χ2v) is 6.94. The first-order chi connectivity index (χ1) is 12.0. The van der Waals surface area contributed by atoms with Gasteiger partial charge in [-0.1, -0.05) is 35.9 Å². The van der Waals surface area contributed by atoms with Gasteiger partial charge in [-0.2, -0.15) is 0 Å². The number of amides is 2. The Balaban J connectivity index is 1.75. The van der Waals surface area contributed by atoms with Crippen LogP contribution < -0.4 is 11.1 Å². The van der Waals surface area contributed by atoms with E-state index in [2.05, 4.69) is 10.3 Å². The van der Waals surface area contributed by atoms with Crippen LogP contribution in [-0.2, 0) is 16.0 Å². The molecule has 1 atom stereocenters. The second kappa shape index (κ2) is 7.63. The number of primary amides is 1. The summed E-state index contributed by atoms with van der Waals surface area (Å²) in [6.45, 7) is 0. The van der Waals surface area contributed by atoms with Gasteiger partial charge in [0, 0.05) is 5.02 Å². The highest BCUT2D eigenvalue weighted by molar-refractivity contribution is 7.16. The number of benzene rings is 2. The van der Waals surface area contributed by atoms with Crippen LogP contribution in [-0.4, -0.2) is 16.8 Å². The topological polar surface area (TPSA) is 85.1 Å². The van der Waals surface area contributed by atoms with E-state index in [1.165, 1.54) is 11.3 Å². The minimum absolute atomic E-state index is 0.0106. The van der Waals surface area contributed by atoms with Crippen molar-refractivity contribution in [2.45, 2.75) is 18.9 Å². The van der Waals surface area contributed by atoms with E-state index < -0.39 is 11.9 Å². The van der Waals surface area contributed by atoms with Crippen molar-refractivity contribution >= 4 is 45.0 Å². The standard InChI is InChI=1S/C18H16ClN3O2S/c19-13-4-2-1-3-12(13)15(9-17(20)23)22-18(24)8-11-5-6-14-16(7-11)25-10-21-14/h1-7,10,15H,8-9H2,(H2,20,23)(H,22,24)/t15-/m1/s1. The Labute approximate surface area is 153 Å². The van der Waals surface area contributed by atoms with Gasteiger partial charge in [0.2, 0.25) is 11.8 Å². The van der Waals surface area contributed by atoms with Crippen molar-refractivity contribution in [1.82, 2.24) is 10.3 Å². The summed E-state index contributed by atoms with van der Waals surface area (Å²) in [5.74, 6) is -0.702. The highest BCUT2D eigenvalue weighted by atomic mass is 35.5. The van der Waals surface area contributed by atoms with Gasteiger partial charge in [0.1, 0.15) is 0 Å². The third-order valence-corrected chi connectivity index (χ3v) is 4.92. The van der Waals surface area contributed by atoms with Crippen LogP contribution in [0.4, 0.5) is 0 Å². The van der Waals surface area contributed by atoms with Crippen molar-refractivity contribution < 1.29 is 9.59 Å². The molecule has 3 aromatic rings. The summed E-state index contributed by atoms with van der Waals surface area (Å²) in [4.78, 5) is 28.0. The van der Waals surface area contributed by atoms with Crippen molar-refractivity contribution in [3.8, 4) is 0 Å². The molecule has 0 fully saturated rings. The van der Waals surface area contributed by atoms with E-state index >= 15 is 0 Å². The van der Waals surface area contributed by atoms with Crippen LogP contribution in [0.15, 0.2) is 48.0 Å². The van der Waals surface area contributed by atoms with Crippen LogP contribution in [0.25, 0.3) is 10.2 Å². The van der Waals surface area contributed by atoms with Gasteiger partial charge < -0.3 is 11.1 Å². The number of nitrogens with zero attached hydrogens (tertiary/aromatic N) is 1. The van der Waals surface area contributed by atoms with E-state index in [9.17, 15) is 9.59 Å². The first-order valence-electron chi connectivity index (χ1n) is 7.67. The molecule has 2 amide bonds. The predicted molar refractivity (Wildman–Crippen MR) is 99.5 cm³/mol. The molecule has 0 radical (unpaired) electrons. The summed E-state index contributed by atoms with van der Waals surface area (Å²) in [6, 6.07) is 12.3. The van der Waals surface area contributed by atoms with Crippen molar-refractivity contribution in [2.75, 3.05) is 0 Å². The Morgan fingerprint density at radius 1 is 1.24 bits per heavy atom. The molecule has 1 aromatic heterocycles. The number of hydrogen-bond acceptors (Lipinski definition) is 4. The Morgan fingerprint density at radius 2 is 2.04 bits per heavy atom. The van der Waals surface area contributed by atoms with Crippen molar-refractivity contribution in [1.29, 1.82) is 0 Å². The number of aromatic nitrogens is 1. The molecule has 0 aliphatic rings. The lowest BCUT2D eigenvalue weighted by atomic mass is 10.0. The summed E-state index contributed by atoms with van der Waals surface area (Å²) in [5.41, 5.74) is 9.56. The third-order valence-electron chi connectivity index (χ3n) is 3.78. The first kappa shape index (κ1) is 17.4. The monoisotopic (exact) mass is 373 g/mol. The fraction of sp³-hybridized carbons (Fsp3) is 0.167. The molecule has 7 heteroatoms. The average Bonchev–Trinajstić information content (AvgIpc) is 3.02. The van der Waals surface area contributed by atoms with Crippen molar-refractivity contribution in [3.63, 3.8) is 0 Å². The lowest BCUT2D eigenvalue weighted by molar-refractivity contribution is -0.122. The molecule has 0 spiro atoms. The number of carbonyl (C=O) groups is 2. The summed E-state index contributed by atoms with van der Waals surface area (Å²) < 4.78 is 1.03. The van der Waals surface area contributed by atoms with Gasteiger partial charge >= 0.3 is 0 Å². The zero-order valence-electron chi connectivity index (χ0n) is 13.2. The van der Waals surface area contributed by atoms with E-state index in [1.54, 1.807) is 29.8 Å². The predicted octanol–water partition coefficient (Wildman–Crippen LogP) is 3.23. The zero-order chi connectivity index (χ0) is 17.8. The Kier molecular flexibility index (Phi) is 5.31. The minimum atomic E-state index is -0.550. The van der Waals surface area contributed by atoms with Gasteiger partial charge in [-0.25, -0.2) is 4.98 Å². The number of fused-ring (bicyclic) bond motifs is 1. The van der Waals surface area contributed by atoms with Crippen LogP contribution >= 0.6 is 22.9 Å². The third kappa shape index (κ3) is 4.35. The fourth-order valence-electron chi connectivity index (χ4n) is 2.64. The number of nitrogens with one attached hydrogen (secondary N) is 1. The molecular formula is C18H16ClN3O2S.